The van der Waals surface area contributed by atoms with E-state index in [-0.39, 0.29) is 0 Å². The topological polar surface area (TPSA) is 66.8 Å². The van der Waals surface area contributed by atoms with E-state index in [9.17, 15) is 48.5 Å². The van der Waals surface area contributed by atoms with Gasteiger partial charge in [0.15, 0.2) is 0 Å². The van der Waals surface area contributed by atoms with Crippen molar-refractivity contribution >= 4 is 7.82 Å². The Kier molecular flexibility index (Phi) is 5.97. The third-order valence-corrected chi connectivity index (χ3v) is 2.53. The number of halogens is 10. The number of phosphoric acid groups is 1. The van der Waals surface area contributed by atoms with Gasteiger partial charge in [-0.1, -0.05) is 0 Å². The van der Waals surface area contributed by atoms with Crippen LogP contribution in [-0.2, 0) is 9.09 Å². The molecule has 0 aliphatic carbocycles. The predicted molar refractivity (Wildman–Crippen MR) is 48.2 cm³/mol. The third kappa shape index (κ3) is 7.11. The van der Waals surface area contributed by atoms with Gasteiger partial charge < -0.3 is 9.79 Å². The summed E-state index contributed by atoms with van der Waals surface area (Å²) in [5.74, 6) is -12.2. The van der Waals surface area contributed by atoms with Gasteiger partial charge in [-0.25, -0.2) is 4.57 Å². The summed E-state index contributed by atoms with van der Waals surface area (Å²) in [7, 11) is -6.12. The molecular formula is C7H7F10O4P. The molecule has 15 heteroatoms. The summed E-state index contributed by atoms with van der Waals surface area (Å²) in [6.07, 6.45) is -22.3. The van der Waals surface area contributed by atoms with Gasteiger partial charge in [-0.05, 0) is 0 Å². The summed E-state index contributed by atoms with van der Waals surface area (Å²) in [4.78, 5) is 16.3. The van der Waals surface area contributed by atoms with Gasteiger partial charge in [-0.2, -0.15) is 43.9 Å². The van der Waals surface area contributed by atoms with E-state index >= 15 is 0 Å². The molecule has 1 unspecified atom stereocenters. The molecule has 0 rings (SSSR count). The van der Waals surface area contributed by atoms with Crippen molar-refractivity contribution in [2.75, 3.05) is 0 Å². The first-order chi connectivity index (χ1) is 9.27. The standard InChI is InChI=1S/C7H7F10O4P/c8-4(9,2-6(13,14)15)7(16,17)3(1-5(10,11)12)21-22(18,19)20/h3H,1-2H2,(H2,18,19,20). The van der Waals surface area contributed by atoms with Crippen LogP contribution in [0.25, 0.3) is 0 Å². The lowest BCUT2D eigenvalue weighted by molar-refractivity contribution is -0.298. The highest BCUT2D eigenvalue weighted by molar-refractivity contribution is 7.46. The maximum atomic E-state index is 13.2. The molecule has 0 spiro atoms. The first kappa shape index (κ1) is 21.4. The Hall–Kier alpha value is -0.590. The maximum Gasteiger partial charge on any atom is 0.470 e. The van der Waals surface area contributed by atoms with Crippen LogP contribution in [0, 0.1) is 0 Å². The summed E-state index contributed by atoms with van der Waals surface area (Å²) in [5, 5.41) is 0. The number of hydrogen-bond acceptors (Lipinski definition) is 2. The summed E-state index contributed by atoms with van der Waals surface area (Å²) >= 11 is 0. The van der Waals surface area contributed by atoms with Crippen molar-refractivity contribution in [3.63, 3.8) is 0 Å². The molecule has 0 heterocycles. The van der Waals surface area contributed by atoms with Crippen LogP contribution in [0.1, 0.15) is 12.8 Å². The second-order valence-electron chi connectivity index (χ2n) is 4.02. The van der Waals surface area contributed by atoms with Crippen molar-refractivity contribution in [3.8, 4) is 0 Å². The molecule has 22 heavy (non-hydrogen) atoms. The van der Waals surface area contributed by atoms with E-state index in [4.69, 9.17) is 9.79 Å². The molecule has 0 aromatic rings. The summed E-state index contributed by atoms with van der Waals surface area (Å²) < 4.78 is 137. The summed E-state index contributed by atoms with van der Waals surface area (Å²) in [6.45, 7) is 0. The first-order valence-electron chi connectivity index (χ1n) is 4.90. The first-order valence-corrected chi connectivity index (χ1v) is 6.43. The Balaban J connectivity index is 5.62. The Labute approximate surface area is 115 Å². The fraction of sp³-hybridized carbons (Fsp3) is 1.00. The maximum absolute atomic E-state index is 13.2. The zero-order chi connectivity index (χ0) is 18.2. The second kappa shape index (κ2) is 6.13. The van der Waals surface area contributed by atoms with E-state index in [2.05, 4.69) is 4.52 Å². The minimum atomic E-state index is -6.15. The SMILES string of the molecule is O=P(O)(O)OC(CC(F)(F)F)C(F)(F)C(F)(F)CC(F)(F)F. The normalized spacial score (nSPS) is 16.7. The molecule has 0 saturated heterocycles. The molecular weight excluding hydrogens is 369 g/mol. The van der Waals surface area contributed by atoms with Crippen LogP contribution in [-0.4, -0.2) is 40.1 Å². The van der Waals surface area contributed by atoms with Gasteiger partial charge in [0.1, 0.15) is 12.5 Å². The van der Waals surface area contributed by atoms with E-state index in [0.717, 1.165) is 0 Å². The summed E-state index contributed by atoms with van der Waals surface area (Å²) in [6, 6.07) is 0. The van der Waals surface area contributed by atoms with Crippen LogP contribution in [0.3, 0.4) is 0 Å². The highest BCUT2D eigenvalue weighted by Gasteiger charge is 2.67. The van der Waals surface area contributed by atoms with Crippen LogP contribution in [0.5, 0.6) is 0 Å². The predicted octanol–water partition coefficient (Wildman–Crippen LogP) is 3.64. The fourth-order valence-electron chi connectivity index (χ4n) is 1.21. The van der Waals surface area contributed by atoms with E-state index < -0.39 is 51.0 Å². The lowest BCUT2D eigenvalue weighted by Gasteiger charge is -2.33. The average molecular weight is 376 g/mol. The largest absolute Gasteiger partial charge is 0.470 e. The number of phosphoric ester groups is 1. The smallest absolute Gasteiger partial charge is 0.303 e. The number of alkyl halides is 10. The average Bonchev–Trinajstić information content (AvgIpc) is 2.06. The minimum Gasteiger partial charge on any atom is -0.303 e. The lowest BCUT2D eigenvalue weighted by Crippen LogP contribution is -2.53. The Morgan fingerprint density at radius 3 is 1.55 bits per heavy atom. The van der Waals surface area contributed by atoms with Crippen molar-refractivity contribution < 1.29 is 62.8 Å². The lowest BCUT2D eigenvalue weighted by atomic mass is 10.00. The van der Waals surface area contributed by atoms with Gasteiger partial charge in [0.2, 0.25) is 0 Å². The molecule has 0 aromatic heterocycles. The molecule has 0 fully saturated rings. The highest BCUT2D eigenvalue weighted by Crippen LogP contribution is 2.51. The quantitative estimate of drug-likeness (QED) is 0.549. The molecule has 0 saturated carbocycles. The van der Waals surface area contributed by atoms with Crippen LogP contribution in [0.4, 0.5) is 43.9 Å². The minimum absolute atomic E-state index is 2.93. The van der Waals surface area contributed by atoms with Crippen molar-refractivity contribution in [1.82, 2.24) is 0 Å². The van der Waals surface area contributed by atoms with Crippen LogP contribution >= 0.6 is 7.82 Å². The van der Waals surface area contributed by atoms with Gasteiger partial charge in [0.05, 0.1) is 6.42 Å². The van der Waals surface area contributed by atoms with E-state index in [1.165, 1.54) is 0 Å². The molecule has 0 radical (unpaired) electrons. The second-order valence-corrected chi connectivity index (χ2v) is 5.22. The molecule has 0 amide bonds. The number of hydrogen-bond donors (Lipinski definition) is 2. The van der Waals surface area contributed by atoms with Gasteiger partial charge in [0.25, 0.3) is 0 Å². The fourth-order valence-corrected chi connectivity index (χ4v) is 1.75. The molecule has 0 aromatic carbocycles. The van der Waals surface area contributed by atoms with E-state index in [1.807, 2.05) is 0 Å². The monoisotopic (exact) mass is 376 g/mol. The molecule has 0 bridgehead atoms. The van der Waals surface area contributed by atoms with Gasteiger partial charge >= 0.3 is 32.0 Å². The van der Waals surface area contributed by atoms with Gasteiger partial charge in [0, 0.05) is 0 Å². The zero-order valence-electron chi connectivity index (χ0n) is 9.93. The van der Waals surface area contributed by atoms with E-state index in [0.29, 0.717) is 0 Å². The zero-order valence-corrected chi connectivity index (χ0v) is 10.8. The van der Waals surface area contributed by atoms with Crippen LogP contribution in [0.2, 0.25) is 0 Å². The van der Waals surface area contributed by atoms with Gasteiger partial charge in [-0.3, -0.25) is 4.52 Å². The molecule has 2 N–H and O–H groups in total. The summed E-state index contributed by atoms with van der Waals surface area (Å²) in [5.41, 5.74) is 0. The Bertz CT molecular complexity index is 424. The molecule has 1 atom stereocenters. The van der Waals surface area contributed by atoms with E-state index in [1.54, 1.807) is 0 Å². The van der Waals surface area contributed by atoms with Gasteiger partial charge in [-0.15, -0.1) is 0 Å². The van der Waals surface area contributed by atoms with Crippen LogP contribution < -0.4 is 0 Å². The number of rotatable bonds is 6. The Morgan fingerprint density at radius 1 is 0.864 bits per heavy atom. The van der Waals surface area contributed by atoms with Crippen molar-refractivity contribution in [1.29, 1.82) is 0 Å². The molecule has 4 nitrogen and oxygen atoms in total. The molecule has 134 valence electrons. The highest BCUT2D eigenvalue weighted by atomic mass is 31.2. The van der Waals surface area contributed by atoms with Crippen molar-refractivity contribution in [3.05, 3.63) is 0 Å². The molecule has 0 aliphatic heterocycles. The Morgan fingerprint density at radius 2 is 1.27 bits per heavy atom. The van der Waals surface area contributed by atoms with Crippen molar-refractivity contribution in [2.24, 2.45) is 0 Å². The third-order valence-electron chi connectivity index (χ3n) is 2.00. The van der Waals surface area contributed by atoms with Crippen molar-refractivity contribution in [2.45, 2.75) is 43.1 Å². The van der Waals surface area contributed by atoms with Crippen LogP contribution in [0.15, 0.2) is 0 Å². The molecule has 0 aliphatic rings.